The summed E-state index contributed by atoms with van der Waals surface area (Å²) in [5.74, 6) is 0.874. The fourth-order valence-electron chi connectivity index (χ4n) is 2.80. The van der Waals surface area contributed by atoms with E-state index in [-0.39, 0.29) is 17.6 Å². The number of carbonyl (C=O) groups is 2. The maximum absolute atomic E-state index is 12.6. The molecule has 1 saturated heterocycles. The number of nitrogens with zero attached hydrogens (tertiary/aromatic N) is 2. The summed E-state index contributed by atoms with van der Waals surface area (Å²) in [6, 6.07) is 12.7. The normalized spacial score (nSPS) is 16.4. The number of furan rings is 1. The Labute approximate surface area is 164 Å². The Balaban J connectivity index is 1.38. The predicted molar refractivity (Wildman–Crippen MR) is 105 cm³/mol. The van der Waals surface area contributed by atoms with Crippen LogP contribution in [0, 0.1) is 0 Å². The van der Waals surface area contributed by atoms with Crippen molar-refractivity contribution in [1.29, 1.82) is 0 Å². The van der Waals surface area contributed by atoms with Crippen LogP contribution in [0.4, 0.5) is 0 Å². The molecule has 0 bridgehead atoms. The van der Waals surface area contributed by atoms with Gasteiger partial charge in [0.15, 0.2) is 5.76 Å². The van der Waals surface area contributed by atoms with Gasteiger partial charge in [0, 0.05) is 16.7 Å². The molecule has 27 heavy (non-hydrogen) atoms. The van der Waals surface area contributed by atoms with Crippen molar-refractivity contribution in [2.24, 2.45) is 0 Å². The number of benzene rings is 1. The van der Waals surface area contributed by atoms with Gasteiger partial charge in [-0.3, -0.25) is 9.59 Å². The van der Waals surface area contributed by atoms with E-state index in [9.17, 15) is 9.59 Å². The molecule has 0 saturated carbocycles. The number of aromatic nitrogens is 1. The van der Waals surface area contributed by atoms with Crippen LogP contribution in [-0.2, 0) is 11.3 Å². The van der Waals surface area contributed by atoms with Gasteiger partial charge in [-0.05, 0) is 12.1 Å². The highest BCUT2D eigenvalue weighted by Gasteiger charge is 2.36. The predicted octanol–water partition coefficient (Wildman–Crippen LogP) is 3.23. The van der Waals surface area contributed by atoms with Crippen molar-refractivity contribution >= 4 is 34.9 Å². The van der Waals surface area contributed by atoms with Crippen molar-refractivity contribution in [2.45, 2.75) is 12.6 Å². The van der Waals surface area contributed by atoms with Crippen molar-refractivity contribution in [3.63, 3.8) is 0 Å². The van der Waals surface area contributed by atoms with E-state index in [4.69, 9.17) is 4.42 Å². The Morgan fingerprint density at radius 3 is 2.85 bits per heavy atom. The van der Waals surface area contributed by atoms with Crippen LogP contribution in [0.5, 0.6) is 0 Å². The fraction of sp³-hybridized carbons (Fsp3) is 0.211. The summed E-state index contributed by atoms with van der Waals surface area (Å²) in [6.45, 7) is 0.339. The average molecular weight is 399 g/mol. The topological polar surface area (TPSA) is 75.4 Å². The van der Waals surface area contributed by atoms with Crippen LogP contribution >= 0.6 is 23.1 Å². The molecule has 2 aromatic heterocycles. The summed E-state index contributed by atoms with van der Waals surface area (Å²) >= 11 is 3.10. The minimum Gasteiger partial charge on any atom is -0.459 e. The Hall–Kier alpha value is -2.58. The molecular weight excluding hydrogens is 382 g/mol. The van der Waals surface area contributed by atoms with Gasteiger partial charge in [0.1, 0.15) is 11.0 Å². The molecule has 0 aliphatic carbocycles. The zero-order chi connectivity index (χ0) is 18.6. The molecule has 1 atom stereocenters. The maximum Gasteiger partial charge on any atom is 0.290 e. The molecule has 2 amide bonds. The van der Waals surface area contributed by atoms with E-state index in [0.717, 1.165) is 16.3 Å². The first-order valence-electron chi connectivity index (χ1n) is 8.42. The lowest BCUT2D eigenvalue weighted by Gasteiger charge is -2.21. The molecule has 1 fully saturated rings. The van der Waals surface area contributed by atoms with E-state index in [1.165, 1.54) is 6.26 Å². The van der Waals surface area contributed by atoms with Gasteiger partial charge in [-0.25, -0.2) is 4.98 Å². The van der Waals surface area contributed by atoms with Gasteiger partial charge >= 0.3 is 0 Å². The van der Waals surface area contributed by atoms with E-state index in [1.54, 1.807) is 40.1 Å². The first-order valence-corrected chi connectivity index (χ1v) is 10.5. The van der Waals surface area contributed by atoms with Crippen LogP contribution in [0.25, 0.3) is 10.6 Å². The second kappa shape index (κ2) is 7.98. The van der Waals surface area contributed by atoms with Crippen molar-refractivity contribution in [2.75, 3.05) is 11.6 Å². The third-order valence-corrected chi connectivity index (χ3v) is 6.15. The molecule has 0 unspecified atom stereocenters. The summed E-state index contributed by atoms with van der Waals surface area (Å²) in [5, 5.41) is 5.77. The lowest BCUT2D eigenvalue weighted by Crippen LogP contribution is -2.47. The minimum atomic E-state index is -0.500. The SMILES string of the molecule is O=C(NCc1csc(-c2ccccc2)n1)[C@H]1CSCN1C(=O)c1ccco1. The van der Waals surface area contributed by atoms with Crippen molar-refractivity contribution < 1.29 is 14.0 Å². The van der Waals surface area contributed by atoms with Gasteiger partial charge < -0.3 is 14.6 Å². The van der Waals surface area contributed by atoms with Crippen LogP contribution in [-0.4, -0.2) is 39.4 Å². The summed E-state index contributed by atoms with van der Waals surface area (Å²) in [6.07, 6.45) is 1.46. The molecule has 3 aromatic rings. The Bertz CT molecular complexity index is 925. The van der Waals surface area contributed by atoms with E-state index in [2.05, 4.69) is 10.3 Å². The van der Waals surface area contributed by atoms with Gasteiger partial charge in [-0.15, -0.1) is 23.1 Å². The summed E-state index contributed by atoms with van der Waals surface area (Å²) in [7, 11) is 0. The smallest absolute Gasteiger partial charge is 0.290 e. The molecule has 4 rings (SSSR count). The van der Waals surface area contributed by atoms with Crippen LogP contribution in [0.15, 0.2) is 58.5 Å². The van der Waals surface area contributed by atoms with Crippen molar-refractivity contribution in [3.8, 4) is 10.6 Å². The average Bonchev–Trinajstić information content (AvgIpc) is 3.47. The molecule has 1 aliphatic heterocycles. The van der Waals surface area contributed by atoms with E-state index in [0.29, 0.717) is 18.2 Å². The van der Waals surface area contributed by atoms with Crippen molar-refractivity contribution in [1.82, 2.24) is 15.2 Å². The fourth-order valence-corrected chi connectivity index (χ4v) is 4.78. The van der Waals surface area contributed by atoms with E-state index >= 15 is 0 Å². The highest BCUT2D eigenvalue weighted by molar-refractivity contribution is 7.99. The Kier molecular flexibility index (Phi) is 5.26. The van der Waals surface area contributed by atoms with Gasteiger partial charge in [-0.2, -0.15) is 0 Å². The highest BCUT2D eigenvalue weighted by atomic mass is 32.2. The number of hydrogen-bond donors (Lipinski definition) is 1. The number of nitrogens with one attached hydrogen (secondary N) is 1. The molecule has 1 aromatic carbocycles. The zero-order valence-corrected chi connectivity index (χ0v) is 16.0. The zero-order valence-electron chi connectivity index (χ0n) is 14.3. The number of thioether (sulfide) groups is 1. The molecule has 1 N–H and O–H groups in total. The molecule has 1 aliphatic rings. The molecule has 3 heterocycles. The summed E-state index contributed by atoms with van der Waals surface area (Å²) < 4.78 is 5.17. The van der Waals surface area contributed by atoms with E-state index < -0.39 is 6.04 Å². The number of thiazole rings is 1. The Morgan fingerprint density at radius 1 is 1.22 bits per heavy atom. The number of hydrogen-bond acceptors (Lipinski definition) is 6. The summed E-state index contributed by atoms with van der Waals surface area (Å²) in [5.41, 5.74) is 1.87. The Morgan fingerprint density at radius 2 is 2.07 bits per heavy atom. The molecule has 0 spiro atoms. The van der Waals surface area contributed by atoms with Crippen molar-refractivity contribution in [3.05, 3.63) is 65.6 Å². The number of carbonyl (C=O) groups excluding carboxylic acids is 2. The molecule has 6 nitrogen and oxygen atoms in total. The van der Waals surface area contributed by atoms with Gasteiger partial charge in [0.05, 0.1) is 24.4 Å². The molecule has 8 heteroatoms. The first-order chi connectivity index (χ1) is 13.2. The van der Waals surface area contributed by atoms with Gasteiger partial charge in [-0.1, -0.05) is 30.3 Å². The van der Waals surface area contributed by atoms with Gasteiger partial charge in [0.2, 0.25) is 5.91 Å². The second-order valence-electron chi connectivity index (χ2n) is 6.00. The standard InChI is InChI=1S/C19H17N3O3S2/c23-17(15-11-26-12-22(15)19(24)16-7-4-8-25-16)20-9-14-10-27-18(21-14)13-5-2-1-3-6-13/h1-8,10,15H,9,11-12H2,(H,20,23)/t15-/m1/s1. The summed E-state index contributed by atoms with van der Waals surface area (Å²) in [4.78, 5) is 31.2. The number of amides is 2. The molecule has 138 valence electrons. The van der Waals surface area contributed by atoms with Crippen LogP contribution in [0.3, 0.4) is 0 Å². The highest BCUT2D eigenvalue weighted by Crippen LogP contribution is 2.25. The lowest BCUT2D eigenvalue weighted by atomic mass is 10.2. The monoisotopic (exact) mass is 399 g/mol. The molecular formula is C19H17N3O3S2. The second-order valence-corrected chi connectivity index (χ2v) is 7.85. The maximum atomic E-state index is 12.6. The largest absolute Gasteiger partial charge is 0.459 e. The lowest BCUT2D eigenvalue weighted by molar-refractivity contribution is -0.124. The van der Waals surface area contributed by atoms with Gasteiger partial charge in [0.25, 0.3) is 5.91 Å². The minimum absolute atomic E-state index is 0.172. The van der Waals surface area contributed by atoms with Crippen LogP contribution in [0.1, 0.15) is 16.2 Å². The third kappa shape index (κ3) is 3.91. The van der Waals surface area contributed by atoms with E-state index in [1.807, 2.05) is 35.7 Å². The molecule has 0 radical (unpaired) electrons. The van der Waals surface area contributed by atoms with Crippen LogP contribution < -0.4 is 5.32 Å². The quantitative estimate of drug-likeness (QED) is 0.713. The van der Waals surface area contributed by atoms with Crippen LogP contribution in [0.2, 0.25) is 0 Å². The third-order valence-electron chi connectivity index (χ3n) is 4.19. The number of rotatable bonds is 5. The first kappa shape index (κ1) is 17.8.